The summed E-state index contributed by atoms with van der Waals surface area (Å²) in [5.41, 5.74) is 1.62. The molecule has 0 aromatic heterocycles. The lowest BCUT2D eigenvalue weighted by Gasteiger charge is -2.12. The van der Waals surface area contributed by atoms with Gasteiger partial charge in [0.25, 0.3) is 5.69 Å². The lowest BCUT2D eigenvalue weighted by Crippen LogP contribution is -2.24. The third-order valence-corrected chi connectivity index (χ3v) is 3.17. The molecule has 0 heterocycles. The minimum absolute atomic E-state index is 0.000196. The SMILES string of the molecule is C[C@H](NC(=O)C=Cc1cccc([N+](=O)[O-])c1)c1ccccc1. The van der Waals surface area contributed by atoms with Gasteiger partial charge >= 0.3 is 0 Å². The van der Waals surface area contributed by atoms with Crippen LogP contribution in [0.1, 0.15) is 24.1 Å². The Balaban J connectivity index is 2.00. The van der Waals surface area contributed by atoms with Crippen molar-refractivity contribution in [3.8, 4) is 0 Å². The summed E-state index contributed by atoms with van der Waals surface area (Å²) in [6.45, 7) is 1.90. The maximum absolute atomic E-state index is 11.9. The number of carbonyl (C=O) groups excluding carboxylic acids is 1. The number of benzene rings is 2. The molecule has 0 unspecified atom stereocenters. The number of hydrogen-bond acceptors (Lipinski definition) is 3. The monoisotopic (exact) mass is 296 g/mol. The minimum Gasteiger partial charge on any atom is -0.346 e. The van der Waals surface area contributed by atoms with Crippen molar-refractivity contribution in [2.75, 3.05) is 0 Å². The van der Waals surface area contributed by atoms with Gasteiger partial charge in [-0.05, 0) is 24.1 Å². The van der Waals surface area contributed by atoms with Gasteiger partial charge in [-0.1, -0.05) is 42.5 Å². The van der Waals surface area contributed by atoms with Crippen molar-refractivity contribution >= 4 is 17.7 Å². The zero-order chi connectivity index (χ0) is 15.9. The van der Waals surface area contributed by atoms with Crippen LogP contribution in [0.2, 0.25) is 0 Å². The molecule has 5 heteroatoms. The van der Waals surface area contributed by atoms with E-state index < -0.39 is 4.92 Å². The molecule has 2 aromatic carbocycles. The smallest absolute Gasteiger partial charge is 0.270 e. The zero-order valence-corrected chi connectivity index (χ0v) is 12.1. The Morgan fingerprint density at radius 3 is 2.59 bits per heavy atom. The molecule has 0 saturated carbocycles. The number of carbonyl (C=O) groups is 1. The van der Waals surface area contributed by atoms with E-state index in [1.165, 1.54) is 18.2 Å². The first-order valence-corrected chi connectivity index (χ1v) is 6.84. The fourth-order valence-electron chi connectivity index (χ4n) is 2.00. The van der Waals surface area contributed by atoms with Gasteiger partial charge in [0.1, 0.15) is 0 Å². The first kappa shape index (κ1) is 15.4. The van der Waals surface area contributed by atoms with Crippen molar-refractivity contribution in [3.63, 3.8) is 0 Å². The maximum atomic E-state index is 11.9. The summed E-state index contributed by atoms with van der Waals surface area (Å²) in [5.74, 6) is -0.247. The molecule has 5 nitrogen and oxygen atoms in total. The van der Waals surface area contributed by atoms with Crippen LogP contribution in [-0.2, 0) is 4.79 Å². The lowest BCUT2D eigenvalue weighted by atomic mass is 10.1. The summed E-state index contributed by atoms with van der Waals surface area (Å²) in [6, 6.07) is 15.6. The van der Waals surface area contributed by atoms with Gasteiger partial charge in [-0.2, -0.15) is 0 Å². The van der Waals surface area contributed by atoms with E-state index in [0.29, 0.717) is 5.56 Å². The number of hydrogen-bond donors (Lipinski definition) is 1. The molecule has 112 valence electrons. The number of non-ortho nitro benzene ring substituents is 1. The second kappa shape index (κ2) is 7.17. The highest BCUT2D eigenvalue weighted by molar-refractivity contribution is 5.92. The van der Waals surface area contributed by atoms with Crippen molar-refractivity contribution in [3.05, 3.63) is 81.9 Å². The van der Waals surface area contributed by atoms with Gasteiger partial charge in [-0.25, -0.2) is 0 Å². The molecule has 2 rings (SSSR count). The normalized spacial score (nSPS) is 12.0. The van der Waals surface area contributed by atoms with E-state index in [0.717, 1.165) is 5.56 Å². The molecule has 1 atom stereocenters. The molecule has 0 fully saturated rings. The topological polar surface area (TPSA) is 72.2 Å². The summed E-state index contributed by atoms with van der Waals surface area (Å²) in [5, 5.41) is 13.5. The second-order valence-corrected chi connectivity index (χ2v) is 4.83. The molecule has 2 aromatic rings. The van der Waals surface area contributed by atoms with Crippen molar-refractivity contribution < 1.29 is 9.72 Å². The summed E-state index contributed by atoms with van der Waals surface area (Å²) in [7, 11) is 0. The van der Waals surface area contributed by atoms with E-state index in [1.807, 2.05) is 37.3 Å². The van der Waals surface area contributed by atoms with Gasteiger partial charge in [0.2, 0.25) is 5.91 Å². The number of rotatable bonds is 5. The third kappa shape index (κ3) is 4.28. The molecular weight excluding hydrogens is 280 g/mol. The van der Waals surface area contributed by atoms with Gasteiger partial charge in [0.05, 0.1) is 11.0 Å². The van der Waals surface area contributed by atoms with Crippen LogP contribution in [-0.4, -0.2) is 10.8 Å². The molecule has 0 bridgehead atoms. The Labute approximate surface area is 128 Å². The number of amides is 1. The van der Waals surface area contributed by atoms with Crippen LogP contribution in [0.4, 0.5) is 5.69 Å². The first-order chi connectivity index (χ1) is 10.6. The summed E-state index contributed by atoms with van der Waals surface area (Å²) in [6.07, 6.45) is 2.93. The molecular formula is C17H16N2O3. The number of nitrogens with zero attached hydrogens (tertiary/aromatic N) is 1. The van der Waals surface area contributed by atoms with Gasteiger partial charge in [0.15, 0.2) is 0 Å². The Bertz CT molecular complexity index is 696. The molecule has 0 aliphatic heterocycles. The van der Waals surface area contributed by atoms with E-state index in [9.17, 15) is 14.9 Å². The molecule has 0 aliphatic carbocycles. The standard InChI is InChI=1S/C17H16N2O3/c1-13(15-7-3-2-4-8-15)18-17(20)11-10-14-6-5-9-16(12-14)19(21)22/h2-13H,1H3,(H,18,20)/t13-/m0/s1. The van der Waals surface area contributed by atoms with Crippen molar-refractivity contribution in [2.45, 2.75) is 13.0 Å². The van der Waals surface area contributed by atoms with Crippen LogP contribution in [0.3, 0.4) is 0 Å². The van der Waals surface area contributed by atoms with Crippen molar-refractivity contribution in [2.24, 2.45) is 0 Å². The predicted molar refractivity (Wildman–Crippen MR) is 85.1 cm³/mol. The average molecular weight is 296 g/mol. The van der Waals surface area contributed by atoms with Crippen LogP contribution in [0, 0.1) is 10.1 Å². The van der Waals surface area contributed by atoms with E-state index in [4.69, 9.17) is 0 Å². The van der Waals surface area contributed by atoms with Gasteiger partial charge in [0, 0.05) is 18.2 Å². The Morgan fingerprint density at radius 2 is 1.91 bits per heavy atom. The largest absolute Gasteiger partial charge is 0.346 e. The van der Waals surface area contributed by atoms with Gasteiger partial charge in [-0.3, -0.25) is 14.9 Å². The van der Waals surface area contributed by atoms with Crippen molar-refractivity contribution in [1.29, 1.82) is 0 Å². The van der Waals surface area contributed by atoms with E-state index in [-0.39, 0.29) is 17.6 Å². The van der Waals surface area contributed by atoms with Gasteiger partial charge < -0.3 is 5.32 Å². The fourth-order valence-corrected chi connectivity index (χ4v) is 2.00. The summed E-state index contributed by atoms with van der Waals surface area (Å²) >= 11 is 0. The molecule has 1 N–H and O–H groups in total. The highest BCUT2D eigenvalue weighted by Gasteiger charge is 2.07. The predicted octanol–water partition coefficient (Wildman–Crippen LogP) is 3.49. The van der Waals surface area contributed by atoms with Gasteiger partial charge in [-0.15, -0.1) is 0 Å². The molecule has 0 saturated heterocycles. The molecule has 22 heavy (non-hydrogen) atoms. The summed E-state index contributed by atoms with van der Waals surface area (Å²) in [4.78, 5) is 22.1. The molecule has 0 radical (unpaired) electrons. The first-order valence-electron chi connectivity index (χ1n) is 6.84. The van der Waals surface area contributed by atoms with Crippen LogP contribution < -0.4 is 5.32 Å². The van der Waals surface area contributed by atoms with Crippen LogP contribution in [0.15, 0.2) is 60.7 Å². The highest BCUT2D eigenvalue weighted by Crippen LogP contribution is 2.14. The Kier molecular flexibility index (Phi) is 5.03. The third-order valence-electron chi connectivity index (χ3n) is 3.17. The number of nitro groups is 1. The number of nitro benzene ring substituents is 1. The van der Waals surface area contributed by atoms with Crippen molar-refractivity contribution in [1.82, 2.24) is 5.32 Å². The fraction of sp³-hybridized carbons (Fsp3) is 0.118. The highest BCUT2D eigenvalue weighted by atomic mass is 16.6. The maximum Gasteiger partial charge on any atom is 0.270 e. The van der Waals surface area contributed by atoms with Crippen LogP contribution in [0.25, 0.3) is 6.08 Å². The molecule has 0 aliphatic rings. The minimum atomic E-state index is -0.463. The van der Waals surface area contributed by atoms with Crippen LogP contribution in [0.5, 0.6) is 0 Å². The summed E-state index contributed by atoms with van der Waals surface area (Å²) < 4.78 is 0. The second-order valence-electron chi connectivity index (χ2n) is 4.83. The van der Waals surface area contributed by atoms with E-state index >= 15 is 0 Å². The number of nitrogens with one attached hydrogen (secondary N) is 1. The lowest BCUT2D eigenvalue weighted by molar-refractivity contribution is -0.384. The quantitative estimate of drug-likeness (QED) is 0.521. The Morgan fingerprint density at radius 1 is 1.18 bits per heavy atom. The Hall–Kier alpha value is -2.95. The molecule has 0 spiro atoms. The average Bonchev–Trinajstić information content (AvgIpc) is 2.54. The van der Waals surface area contributed by atoms with E-state index in [1.54, 1.807) is 18.2 Å². The molecule has 1 amide bonds. The van der Waals surface area contributed by atoms with Crippen LogP contribution >= 0.6 is 0 Å². The zero-order valence-electron chi connectivity index (χ0n) is 12.1. The van der Waals surface area contributed by atoms with E-state index in [2.05, 4.69) is 5.32 Å².